The lowest BCUT2D eigenvalue weighted by Crippen LogP contribution is -2.35. The summed E-state index contributed by atoms with van der Waals surface area (Å²) in [6, 6.07) is 6.03. The lowest BCUT2D eigenvalue weighted by atomic mass is 10.00. The number of nitrogens with zero attached hydrogens (tertiary/aromatic N) is 2. The van der Waals surface area contributed by atoms with Crippen molar-refractivity contribution >= 4 is 28.5 Å². The maximum Gasteiger partial charge on any atom is 0.296 e. The highest BCUT2D eigenvalue weighted by molar-refractivity contribution is 7.98. The molecule has 0 amide bonds. The Morgan fingerprint density at radius 3 is 2.73 bits per heavy atom. The smallest absolute Gasteiger partial charge is 0.296 e. The van der Waals surface area contributed by atoms with Gasteiger partial charge in [-0.2, -0.15) is 0 Å². The molecule has 30 heavy (non-hydrogen) atoms. The third-order valence-electron chi connectivity index (χ3n) is 5.84. The van der Waals surface area contributed by atoms with Gasteiger partial charge in [0.1, 0.15) is 5.76 Å². The van der Waals surface area contributed by atoms with E-state index in [1.54, 1.807) is 18.0 Å². The Labute approximate surface area is 178 Å². The van der Waals surface area contributed by atoms with Crippen LogP contribution in [-0.2, 0) is 12.8 Å². The quantitative estimate of drug-likeness (QED) is 0.311. The van der Waals surface area contributed by atoms with Crippen LogP contribution in [0.4, 0.5) is 5.82 Å². The van der Waals surface area contributed by atoms with Crippen LogP contribution in [0.5, 0.6) is 0 Å². The molecule has 0 spiro atoms. The number of furan rings is 1. The van der Waals surface area contributed by atoms with Crippen LogP contribution in [0.3, 0.4) is 0 Å². The van der Waals surface area contributed by atoms with Crippen LogP contribution >= 0.6 is 11.8 Å². The lowest BCUT2D eigenvalue weighted by molar-refractivity contribution is -0.418. The first-order valence-electron chi connectivity index (χ1n) is 10.2. The number of pyridine rings is 1. The summed E-state index contributed by atoms with van der Waals surface area (Å²) in [4.78, 5) is 13.9. The molecule has 0 radical (unpaired) electrons. The van der Waals surface area contributed by atoms with Crippen LogP contribution < -0.4 is 9.88 Å². The molecule has 0 atom stereocenters. The highest BCUT2D eigenvalue weighted by Crippen LogP contribution is 2.44. The first-order chi connectivity index (χ1) is 14.7. The molecule has 1 aliphatic heterocycles. The Hall–Kier alpha value is -2.55. The molecule has 8 heteroatoms. The van der Waals surface area contributed by atoms with E-state index < -0.39 is 0 Å². The van der Waals surface area contributed by atoms with Crippen LogP contribution in [0.2, 0.25) is 0 Å². The topological polar surface area (TPSA) is 99.7 Å². The molecule has 3 heterocycles. The maximum absolute atomic E-state index is 9.56. The number of hydrogen-bond donors (Lipinski definition) is 3. The number of hydrogen-bond acceptors (Lipinski definition) is 6. The van der Waals surface area contributed by atoms with E-state index in [9.17, 15) is 10.2 Å². The molecule has 0 bridgehead atoms. The maximum atomic E-state index is 9.56. The fourth-order valence-electron chi connectivity index (χ4n) is 4.61. The molecule has 7 nitrogen and oxygen atoms in total. The van der Waals surface area contributed by atoms with E-state index in [4.69, 9.17) is 9.40 Å². The summed E-state index contributed by atoms with van der Waals surface area (Å²) in [5.41, 5.74) is 6.88. The van der Waals surface area contributed by atoms with Crippen molar-refractivity contribution in [1.82, 2.24) is 9.97 Å². The summed E-state index contributed by atoms with van der Waals surface area (Å²) in [5.74, 6) is 1.73. The van der Waals surface area contributed by atoms with Crippen molar-refractivity contribution in [3.63, 3.8) is 0 Å². The zero-order valence-electron chi connectivity index (χ0n) is 16.9. The van der Waals surface area contributed by atoms with Crippen LogP contribution in [0, 0.1) is 0 Å². The number of thioether (sulfide) groups is 1. The minimum Gasteiger partial charge on any atom is -0.463 e. The predicted octanol–water partition coefficient (Wildman–Crippen LogP) is 2.74. The molecular formula is C22H25N4O3S+. The van der Waals surface area contributed by atoms with Gasteiger partial charge in [0, 0.05) is 5.56 Å². The number of aromatic amines is 2. The number of H-pyrrole nitrogens is 2. The predicted molar refractivity (Wildman–Crippen MR) is 117 cm³/mol. The number of rotatable bonds is 7. The summed E-state index contributed by atoms with van der Waals surface area (Å²) >= 11 is 1.55. The standard InChI is InChI=1S/C22H24N4O3S/c1-30-22-24-20-15(21(25-22)26(7-9-27)8-10-28)12-16-18(20)13-4-2-5-14(13)19(23-16)17-6-3-11-29-17/h3,6,11-12,23,27-28H,2,4-5,7-10H2,1H3/p+1. The van der Waals surface area contributed by atoms with Crippen LogP contribution in [-0.4, -0.2) is 52.7 Å². The summed E-state index contributed by atoms with van der Waals surface area (Å²) < 4.78 is 5.71. The van der Waals surface area contributed by atoms with Crippen molar-refractivity contribution in [1.29, 1.82) is 0 Å². The van der Waals surface area contributed by atoms with E-state index in [0.29, 0.717) is 13.1 Å². The number of anilines is 1. The Balaban J connectivity index is 1.81. The van der Waals surface area contributed by atoms with Crippen LogP contribution in [0.25, 0.3) is 33.6 Å². The SMILES string of the molecule is CSc1nc2c3c4c(c(-c5ccco5)[nH]c-3cc2c(N(CCO)CCO)[nH+]1)CCC4. The van der Waals surface area contributed by atoms with Crippen LogP contribution in [0.1, 0.15) is 17.5 Å². The molecule has 3 aliphatic rings. The molecule has 5 rings (SSSR count). The number of nitrogens with one attached hydrogen (secondary N) is 2. The van der Waals surface area contributed by atoms with Crippen molar-refractivity contribution < 1.29 is 19.6 Å². The van der Waals surface area contributed by atoms with Gasteiger partial charge in [-0.15, -0.1) is 0 Å². The molecule has 0 saturated heterocycles. The van der Waals surface area contributed by atoms with Gasteiger partial charge in [0.25, 0.3) is 5.16 Å². The Kier molecular flexibility index (Phi) is 5.14. The molecule has 0 unspecified atom stereocenters. The van der Waals surface area contributed by atoms with Gasteiger partial charge < -0.3 is 19.6 Å². The number of aromatic nitrogens is 3. The Morgan fingerprint density at radius 2 is 2.03 bits per heavy atom. The number of fused-ring (bicyclic) bond motifs is 5. The molecule has 2 aromatic rings. The second-order valence-electron chi connectivity index (χ2n) is 7.51. The fraction of sp³-hybridized carbons (Fsp3) is 0.364. The van der Waals surface area contributed by atoms with Crippen molar-refractivity contribution in [2.45, 2.75) is 24.4 Å². The van der Waals surface area contributed by atoms with Gasteiger partial charge in [-0.3, -0.25) is 4.90 Å². The van der Waals surface area contributed by atoms with Crippen molar-refractivity contribution in [2.24, 2.45) is 0 Å². The van der Waals surface area contributed by atoms with Crippen molar-refractivity contribution in [2.75, 3.05) is 37.5 Å². The van der Waals surface area contributed by atoms with E-state index in [1.165, 1.54) is 16.7 Å². The van der Waals surface area contributed by atoms with E-state index in [2.05, 4.69) is 16.0 Å². The minimum atomic E-state index is 0.0106. The Bertz CT molecular complexity index is 1150. The van der Waals surface area contributed by atoms with Gasteiger partial charge in [0.05, 0.1) is 49.3 Å². The molecule has 0 aromatic carbocycles. The van der Waals surface area contributed by atoms with Crippen molar-refractivity contribution in [3.05, 3.63) is 35.6 Å². The molecule has 4 N–H and O–H groups in total. The van der Waals surface area contributed by atoms with E-state index >= 15 is 0 Å². The van der Waals surface area contributed by atoms with Gasteiger partial charge in [0.2, 0.25) is 5.82 Å². The minimum absolute atomic E-state index is 0.0106. The largest absolute Gasteiger partial charge is 0.463 e. The molecule has 156 valence electrons. The number of aliphatic hydroxyl groups excluding tert-OH is 2. The number of aliphatic hydroxyl groups is 2. The monoisotopic (exact) mass is 425 g/mol. The molecular weight excluding hydrogens is 400 g/mol. The molecule has 0 saturated carbocycles. The molecule has 2 aromatic heterocycles. The first-order valence-corrected chi connectivity index (χ1v) is 11.5. The zero-order valence-corrected chi connectivity index (χ0v) is 17.7. The highest BCUT2D eigenvalue weighted by Gasteiger charge is 2.31. The third-order valence-corrected chi connectivity index (χ3v) is 6.42. The van der Waals surface area contributed by atoms with Gasteiger partial charge in [0.15, 0.2) is 5.52 Å². The molecule has 0 fully saturated rings. The van der Waals surface area contributed by atoms with E-state index in [0.717, 1.165) is 58.3 Å². The zero-order chi connectivity index (χ0) is 20.7. The molecule has 2 aliphatic carbocycles. The summed E-state index contributed by atoms with van der Waals surface area (Å²) in [6.07, 6.45) is 6.86. The summed E-state index contributed by atoms with van der Waals surface area (Å²) in [5, 5.41) is 20.9. The second kappa shape index (κ2) is 7.94. The van der Waals surface area contributed by atoms with Crippen LogP contribution in [0.15, 0.2) is 34.0 Å². The fourth-order valence-corrected chi connectivity index (χ4v) is 4.99. The van der Waals surface area contributed by atoms with E-state index in [-0.39, 0.29) is 13.2 Å². The first kappa shape index (κ1) is 19.4. The van der Waals surface area contributed by atoms with Gasteiger partial charge in [-0.1, -0.05) is 16.7 Å². The van der Waals surface area contributed by atoms with Gasteiger partial charge in [-0.05, 0) is 54.8 Å². The highest BCUT2D eigenvalue weighted by atomic mass is 32.2. The average Bonchev–Trinajstić information content (AvgIpc) is 3.50. The van der Waals surface area contributed by atoms with Crippen molar-refractivity contribution in [3.8, 4) is 22.7 Å². The lowest BCUT2D eigenvalue weighted by Gasteiger charge is -2.17. The van der Waals surface area contributed by atoms with Gasteiger partial charge in [-0.25, -0.2) is 4.98 Å². The summed E-state index contributed by atoms with van der Waals surface area (Å²) in [7, 11) is 0. The average molecular weight is 426 g/mol. The Morgan fingerprint density at radius 1 is 1.23 bits per heavy atom. The third kappa shape index (κ3) is 3.07. The second-order valence-corrected chi connectivity index (χ2v) is 8.31. The summed E-state index contributed by atoms with van der Waals surface area (Å²) in [6.45, 7) is 0.892. The normalized spacial score (nSPS) is 13.4. The van der Waals surface area contributed by atoms with E-state index in [1.807, 2.05) is 23.3 Å². The van der Waals surface area contributed by atoms with Gasteiger partial charge >= 0.3 is 0 Å².